The van der Waals surface area contributed by atoms with Crippen LogP contribution in [0.25, 0.3) is 0 Å². The molecule has 0 radical (unpaired) electrons. The third kappa shape index (κ3) is 5.78. The van der Waals surface area contributed by atoms with E-state index in [4.69, 9.17) is 21.1 Å². The van der Waals surface area contributed by atoms with Crippen molar-refractivity contribution in [3.63, 3.8) is 0 Å². The van der Waals surface area contributed by atoms with Gasteiger partial charge in [-0.05, 0) is 35.7 Å². The Bertz CT molecular complexity index is 843. The minimum atomic E-state index is 0.296. The number of halogens is 1. The highest BCUT2D eigenvalue weighted by molar-refractivity contribution is 6.30. The molecular formula is C22H29ClN4O2. The minimum absolute atomic E-state index is 0.296. The Balaban J connectivity index is 1.56. The Morgan fingerprint density at radius 1 is 1.21 bits per heavy atom. The van der Waals surface area contributed by atoms with Crippen molar-refractivity contribution >= 4 is 23.2 Å². The first-order valence-corrected chi connectivity index (χ1v) is 10.1. The lowest BCUT2D eigenvalue weighted by molar-refractivity contribution is 0.185. The van der Waals surface area contributed by atoms with Crippen LogP contribution in [-0.4, -0.2) is 46.4 Å². The first-order chi connectivity index (χ1) is 14.1. The maximum atomic E-state index is 6.19. The van der Waals surface area contributed by atoms with E-state index in [2.05, 4.69) is 44.8 Å². The summed E-state index contributed by atoms with van der Waals surface area (Å²) in [7, 11) is 5.19. The number of ether oxygens (including phenoxy) is 2. The van der Waals surface area contributed by atoms with Crippen molar-refractivity contribution in [1.82, 2.24) is 10.6 Å². The number of aliphatic imine (C=N–C) groups is 1. The largest absolute Gasteiger partial charge is 0.495 e. The molecule has 0 amide bonds. The first-order valence-electron chi connectivity index (χ1n) is 9.75. The molecule has 1 fully saturated rings. The van der Waals surface area contributed by atoms with E-state index in [1.54, 1.807) is 21.3 Å². The molecule has 0 aliphatic carbocycles. The lowest BCUT2D eigenvalue weighted by atomic mass is 10.1. The number of methoxy groups -OCH3 is 2. The second kappa shape index (κ2) is 10.4. The van der Waals surface area contributed by atoms with Gasteiger partial charge in [0.05, 0.1) is 19.4 Å². The molecular weight excluding hydrogens is 388 g/mol. The zero-order valence-electron chi connectivity index (χ0n) is 17.2. The molecule has 1 aliphatic rings. The summed E-state index contributed by atoms with van der Waals surface area (Å²) in [5, 5.41) is 7.64. The Morgan fingerprint density at radius 3 is 2.79 bits per heavy atom. The van der Waals surface area contributed by atoms with Gasteiger partial charge in [0, 0.05) is 44.9 Å². The summed E-state index contributed by atoms with van der Waals surface area (Å²) >= 11 is 6.19. The van der Waals surface area contributed by atoms with Crippen LogP contribution >= 0.6 is 11.6 Å². The number of hydrogen-bond donors (Lipinski definition) is 2. The molecule has 1 atom stereocenters. The van der Waals surface area contributed by atoms with Gasteiger partial charge in [-0.1, -0.05) is 35.9 Å². The Morgan fingerprint density at radius 2 is 2.03 bits per heavy atom. The van der Waals surface area contributed by atoms with Crippen LogP contribution in [0.2, 0.25) is 5.02 Å². The summed E-state index contributed by atoms with van der Waals surface area (Å²) < 4.78 is 10.7. The standard InChI is InChI=1S/C22H29ClN4O2/c1-24-22(25-13-16-5-4-6-17(11-16)15-28-2)26-19-9-10-27(14-19)20-12-18(23)7-8-21(20)29-3/h4-8,11-12,19H,9-10,13-15H2,1-3H3,(H2,24,25,26). The van der Waals surface area contributed by atoms with Crippen molar-refractivity contribution in [3.05, 3.63) is 58.6 Å². The molecule has 0 bridgehead atoms. The monoisotopic (exact) mass is 416 g/mol. The van der Waals surface area contributed by atoms with Crippen molar-refractivity contribution in [3.8, 4) is 5.75 Å². The second-order valence-corrected chi connectivity index (χ2v) is 7.51. The van der Waals surface area contributed by atoms with Gasteiger partial charge in [-0.25, -0.2) is 0 Å². The number of guanidine groups is 1. The number of rotatable bonds is 7. The van der Waals surface area contributed by atoms with Gasteiger partial charge in [-0.2, -0.15) is 0 Å². The number of benzene rings is 2. The molecule has 2 aromatic rings. The van der Waals surface area contributed by atoms with Crippen LogP contribution in [0, 0.1) is 0 Å². The van der Waals surface area contributed by atoms with Gasteiger partial charge in [0.2, 0.25) is 0 Å². The highest BCUT2D eigenvalue weighted by atomic mass is 35.5. The summed E-state index contributed by atoms with van der Waals surface area (Å²) in [4.78, 5) is 6.67. The van der Waals surface area contributed by atoms with Crippen LogP contribution in [0.15, 0.2) is 47.5 Å². The van der Waals surface area contributed by atoms with Crippen molar-refractivity contribution in [1.29, 1.82) is 0 Å². The smallest absolute Gasteiger partial charge is 0.191 e. The van der Waals surface area contributed by atoms with Crippen molar-refractivity contribution in [2.24, 2.45) is 4.99 Å². The van der Waals surface area contributed by atoms with Crippen LogP contribution in [0.5, 0.6) is 5.75 Å². The van der Waals surface area contributed by atoms with Crippen LogP contribution in [0.1, 0.15) is 17.5 Å². The molecule has 0 spiro atoms. The normalized spacial score (nSPS) is 16.8. The molecule has 7 heteroatoms. The number of anilines is 1. The SMILES string of the molecule is CN=C(NCc1cccc(COC)c1)NC1CCN(c2cc(Cl)ccc2OC)C1. The van der Waals surface area contributed by atoms with Crippen LogP contribution < -0.4 is 20.3 Å². The maximum absolute atomic E-state index is 6.19. The quantitative estimate of drug-likeness (QED) is 0.535. The Hall–Kier alpha value is -2.44. The van der Waals surface area contributed by atoms with Crippen LogP contribution in [-0.2, 0) is 17.9 Å². The summed E-state index contributed by atoms with van der Waals surface area (Å²) in [6.07, 6.45) is 1.01. The van der Waals surface area contributed by atoms with Gasteiger partial charge in [0.15, 0.2) is 5.96 Å². The molecule has 6 nitrogen and oxygen atoms in total. The van der Waals surface area contributed by atoms with Gasteiger partial charge in [-0.3, -0.25) is 4.99 Å². The third-order valence-electron chi connectivity index (χ3n) is 5.00. The topological polar surface area (TPSA) is 58.1 Å². The molecule has 156 valence electrons. The molecule has 0 aromatic heterocycles. The van der Waals surface area contributed by atoms with E-state index in [1.807, 2.05) is 18.2 Å². The van der Waals surface area contributed by atoms with E-state index < -0.39 is 0 Å². The molecule has 0 saturated carbocycles. The second-order valence-electron chi connectivity index (χ2n) is 7.07. The lowest BCUT2D eigenvalue weighted by Crippen LogP contribution is -2.44. The number of hydrogen-bond acceptors (Lipinski definition) is 4. The predicted molar refractivity (Wildman–Crippen MR) is 119 cm³/mol. The van der Waals surface area contributed by atoms with E-state index in [1.165, 1.54) is 5.56 Å². The van der Waals surface area contributed by atoms with Crippen molar-refractivity contribution in [2.75, 3.05) is 39.3 Å². The molecule has 1 unspecified atom stereocenters. The molecule has 1 heterocycles. The highest BCUT2D eigenvalue weighted by Gasteiger charge is 2.25. The fourth-order valence-electron chi connectivity index (χ4n) is 3.58. The van der Waals surface area contributed by atoms with Crippen molar-refractivity contribution < 1.29 is 9.47 Å². The van der Waals surface area contributed by atoms with E-state index in [0.717, 1.165) is 42.5 Å². The first kappa shape index (κ1) is 21.3. The molecule has 1 saturated heterocycles. The molecule has 29 heavy (non-hydrogen) atoms. The number of nitrogens with one attached hydrogen (secondary N) is 2. The lowest BCUT2D eigenvalue weighted by Gasteiger charge is -2.22. The average molecular weight is 417 g/mol. The molecule has 3 rings (SSSR count). The fourth-order valence-corrected chi connectivity index (χ4v) is 3.74. The van der Waals surface area contributed by atoms with E-state index >= 15 is 0 Å². The zero-order valence-corrected chi connectivity index (χ0v) is 18.0. The van der Waals surface area contributed by atoms with Gasteiger partial charge in [-0.15, -0.1) is 0 Å². The zero-order chi connectivity index (χ0) is 20.6. The fraction of sp³-hybridized carbons (Fsp3) is 0.409. The van der Waals surface area contributed by atoms with Crippen molar-refractivity contribution in [2.45, 2.75) is 25.6 Å². The summed E-state index contributed by atoms with van der Waals surface area (Å²) in [5.41, 5.74) is 3.39. The maximum Gasteiger partial charge on any atom is 0.191 e. The Kier molecular flexibility index (Phi) is 7.61. The van der Waals surface area contributed by atoms with E-state index in [-0.39, 0.29) is 0 Å². The molecule has 1 aliphatic heterocycles. The van der Waals surface area contributed by atoms with Crippen LogP contribution in [0.4, 0.5) is 5.69 Å². The number of nitrogens with zero attached hydrogens (tertiary/aromatic N) is 2. The summed E-state index contributed by atoms with van der Waals surface area (Å²) in [5.74, 6) is 1.64. The molecule has 2 aromatic carbocycles. The molecule has 2 N–H and O–H groups in total. The third-order valence-corrected chi connectivity index (χ3v) is 5.23. The van der Waals surface area contributed by atoms with Gasteiger partial charge in [0.1, 0.15) is 5.75 Å². The Labute approximate surface area is 177 Å². The minimum Gasteiger partial charge on any atom is -0.495 e. The van der Waals surface area contributed by atoms with Gasteiger partial charge >= 0.3 is 0 Å². The van der Waals surface area contributed by atoms with Crippen LogP contribution in [0.3, 0.4) is 0 Å². The van der Waals surface area contributed by atoms with E-state index in [0.29, 0.717) is 24.2 Å². The predicted octanol–water partition coefficient (Wildman–Crippen LogP) is 3.44. The average Bonchev–Trinajstić information content (AvgIpc) is 3.20. The van der Waals surface area contributed by atoms with Gasteiger partial charge in [0.25, 0.3) is 0 Å². The summed E-state index contributed by atoms with van der Waals surface area (Å²) in [6, 6.07) is 14.4. The van der Waals surface area contributed by atoms with E-state index in [9.17, 15) is 0 Å². The summed E-state index contributed by atoms with van der Waals surface area (Å²) in [6.45, 7) is 3.12. The highest BCUT2D eigenvalue weighted by Crippen LogP contribution is 2.33. The van der Waals surface area contributed by atoms with Gasteiger partial charge < -0.3 is 25.0 Å².